The van der Waals surface area contributed by atoms with Crippen LogP contribution in [0.2, 0.25) is 0 Å². The molecule has 3 aliphatic rings. The van der Waals surface area contributed by atoms with Crippen LogP contribution >= 0.6 is 0 Å². The molecule has 3 saturated heterocycles. The van der Waals surface area contributed by atoms with Crippen molar-refractivity contribution in [2.24, 2.45) is 0 Å². The molecule has 17 atom stereocenters. The molecule has 19 nitrogen and oxygen atoms in total. The highest BCUT2D eigenvalue weighted by atomic mass is 16.8. The summed E-state index contributed by atoms with van der Waals surface area (Å²) in [5.41, 5.74) is 0. The number of ether oxygens (including phenoxy) is 6. The summed E-state index contributed by atoms with van der Waals surface area (Å²) in [6.45, 7) is 1.64. The highest BCUT2D eigenvalue weighted by Gasteiger charge is 2.54. The van der Waals surface area contributed by atoms with Gasteiger partial charge in [-0.1, -0.05) is 354 Å². The van der Waals surface area contributed by atoms with Crippen LogP contribution in [-0.2, 0) is 33.2 Å². The average molecular weight is 1580 g/mol. The molecule has 0 aromatic carbocycles. The number of carbonyl (C=O) groups excluding carboxylic acids is 1. The SMILES string of the molecule is CC/C=C\C/C=C\C/C=C\C/C=C\C/C=C\C/C=C\C/C=C\CCCCCCCCCCCCCCCCCCCCCC(=O)NC(COC1OC(CO)C(OC2OC(CO)C(OC3OC(CO)C(O)C(O)C3O)C(O)C2O)C(O)C1O)C(O)/C=C/CC/C=C/CCCCCCCCCCCCCCCCCCCCCC. The summed E-state index contributed by atoms with van der Waals surface area (Å²) in [7, 11) is 0. The smallest absolute Gasteiger partial charge is 0.220 e. The predicted octanol–water partition coefficient (Wildman–Crippen LogP) is 17.2. The van der Waals surface area contributed by atoms with Crippen molar-refractivity contribution in [1.82, 2.24) is 5.32 Å². The Kier molecular flexibility index (Phi) is 65.6. The van der Waals surface area contributed by atoms with Crippen molar-refractivity contribution >= 4 is 5.91 Å². The summed E-state index contributed by atoms with van der Waals surface area (Å²) < 4.78 is 34.5. The molecule has 112 heavy (non-hydrogen) atoms. The van der Waals surface area contributed by atoms with Gasteiger partial charge in [0.1, 0.15) is 73.2 Å². The maximum Gasteiger partial charge on any atom is 0.220 e. The van der Waals surface area contributed by atoms with E-state index in [-0.39, 0.29) is 18.9 Å². The van der Waals surface area contributed by atoms with Crippen LogP contribution in [0, 0.1) is 0 Å². The van der Waals surface area contributed by atoms with E-state index in [0.717, 1.165) is 83.5 Å². The third-order valence-electron chi connectivity index (χ3n) is 21.8. The number of carbonyl (C=O) groups is 1. The van der Waals surface area contributed by atoms with Gasteiger partial charge < -0.3 is 89.9 Å². The van der Waals surface area contributed by atoms with Crippen molar-refractivity contribution in [1.29, 1.82) is 0 Å². The molecule has 0 saturated carbocycles. The monoisotopic (exact) mass is 1580 g/mol. The Hall–Kier alpha value is -3.55. The molecule has 0 radical (unpaired) electrons. The van der Waals surface area contributed by atoms with E-state index in [1.165, 1.54) is 225 Å². The molecule has 12 N–H and O–H groups in total. The van der Waals surface area contributed by atoms with Crippen molar-refractivity contribution in [3.63, 3.8) is 0 Å². The van der Waals surface area contributed by atoms with E-state index < -0.39 is 124 Å². The third-order valence-corrected chi connectivity index (χ3v) is 21.8. The minimum absolute atomic E-state index is 0.234. The number of allylic oxidation sites excluding steroid dienone is 17. The largest absolute Gasteiger partial charge is 0.394 e. The Morgan fingerprint density at radius 1 is 0.330 bits per heavy atom. The summed E-state index contributed by atoms with van der Waals surface area (Å²) >= 11 is 0. The topological polar surface area (TPSA) is 307 Å². The van der Waals surface area contributed by atoms with Crippen LogP contribution in [0.15, 0.2) is 109 Å². The number of unbranched alkanes of at least 4 members (excludes halogenated alkanes) is 40. The predicted molar refractivity (Wildman–Crippen MR) is 452 cm³/mol. The van der Waals surface area contributed by atoms with Crippen LogP contribution in [0.25, 0.3) is 0 Å². The van der Waals surface area contributed by atoms with E-state index in [4.69, 9.17) is 28.4 Å². The zero-order valence-electron chi connectivity index (χ0n) is 69.9. The first-order chi connectivity index (χ1) is 54.8. The number of nitrogens with one attached hydrogen (secondary N) is 1. The molecule has 0 spiro atoms. The van der Waals surface area contributed by atoms with E-state index in [1.807, 2.05) is 6.08 Å². The highest BCUT2D eigenvalue weighted by Crippen LogP contribution is 2.33. The van der Waals surface area contributed by atoms with Gasteiger partial charge in [-0.05, 0) is 89.9 Å². The first-order valence-corrected chi connectivity index (χ1v) is 45.1. The van der Waals surface area contributed by atoms with E-state index in [2.05, 4.69) is 116 Å². The average Bonchev–Trinajstić information content (AvgIpc) is 0.781. The van der Waals surface area contributed by atoms with Crippen LogP contribution in [0.5, 0.6) is 0 Å². The van der Waals surface area contributed by atoms with Gasteiger partial charge in [0.25, 0.3) is 0 Å². The Balaban J connectivity index is 1.32. The number of aliphatic hydroxyl groups excluding tert-OH is 11. The lowest BCUT2D eigenvalue weighted by Crippen LogP contribution is -2.66. The molecule has 0 aromatic rings. The molecule has 0 bridgehead atoms. The zero-order valence-corrected chi connectivity index (χ0v) is 69.9. The van der Waals surface area contributed by atoms with E-state index >= 15 is 0 Å². The Labute approximate surface area is 678 Å². The van der Waals surface area contributed by atoms with Crippen LogP contribution in [0.1, 0.15) is 341 Å². The fourth-order valence-electron chi connectivity index (χ4n) is 14.7. The molecular formula is C93H163NO18. The van der Waals surface area contributed by atoms with Gasteiger partial charge >= 0.3 is 0 Å². The van der Waals surface area contributed by atoms with Gasteiger partial charge in [-0.15, -0.1) is 0 Å². The lowest BCUT2D eigenvalue weighted by atomic mass is 9.96. The Bertz CT molecular complexity index is 2450. The van der Waals surface area contributed by atoms with Crippen molar-refractivity contribution in [3.05, 3.63) is 109 Å². The van der Waals surface area contributed by atoms with Gasteiger partial charge in [0.15, 0.2) is 18.9 Å². The number of hydrogen-bond acceptors (Lipinski definition) is 18. The van der Waals surface area contributed by atoms with Crippen molar-refractivity contribution < 1.29 is 89.4 Å². The number of aliphatic hydroxyl groups is 11. The van der Waals surface area contributed by atoms with E-state index in [9.17, 15) is 61.0 Å². The summed E-state index contributed by atoms with van der Waals surface area (Å²) in [5.74, 6) is -0.283. The van der Waals surface area contributed by atoms with Crippen molar-refractivity contribution in [2.75, 3.05) is 26.4 Å². The summed E-state index contributed by atoms with van der Waals surface area (Å²) in [5, 5.41) is 121. The molecule has 1 amide bonds. The maximum absolute atomic E-state index is 13.5. The summed E-state index contributed by atoms with van der Waals surface area (Å²) in [4.78, 5) is 13.5. The maximum atomic E-state index is 13.5. The molecule has 19 heteroatoms. The van der Waals surface area contributed by atoms with Crippen LogP contribution in [0.3, 0.4) is 0 Å². The van der Waals surface area contributed by atoms with Crippen LogP contribution < -0.4 is 5.32 Å². The van der Waals surface area contributed by atoms with Gasteiger partial charge in [0.2, 0.25) is 5.91 Å². The number of rotatable bonds is 72. The van der Waals surface area contributed by atoms with Gasteiger partial charge in [-0.25, -0.2) is 0 Å². The standard InChI is InChI=1S/C93H163NO18/c1-3-5-7-9-11-13-15-17-19-21-23-25-27-29-31-32-33-34-35-36-37-38-39-40-41-42-43-44-45-47-49-51-53-55-57-59-61-63-65-67-69-71-81(99)94-76(77(98)70-68-66-64-62-60-58-56-54-52-50-48-46-30-28-26-24-22-20-18-16-14-12-10-8-6-4-2)75-107-91-87(105)84(102)89(79(73-96)109-91)112-93-88(106)85(103)90(80(74-97)110-93)111-92-86(104)83(101)82(100)78(72-95)108-92/h5,7,11,13,17,19,23,25,29,31,33-34,36-37,60,62,68,70,76-80,82-93,95-98,100-106H,3-4,6,8-10,12,14-16,18,20-22,24,26-28,30,32,35,38-59,61,63-67,69,71-75H2,1-2H3,(H,94,99)/b7-5-,13-11-,19-17-,25-23-,31-29-,34-33-,37-36-,62-60+,70-68+. The second kappa shape index (κ2) is 71.5. The minimum Gasteiger partial charge on any atom is -0.394 e. The van der Waals surface area contributed by atoms with Crippen molar-refractivity contribution in [3.8, 4) is 0 Å². The molecule has 3 aliphatic heterocycles. The molecule has 3 rings (SSSR count). The molecular weight excluding hydrogens is 1420 g/mol. The lowest BCUT2D eigenvalue weighted by Gasteiger charge is -2.48. The molecule has 648 valence electrons. The second-order valence-electron chi connectivity index (χ2n) is 31.7. The second-order valence-corrected chi connectivity index (χ2v) is 31.7. The third kappa shape index (κ3) is 49.6. The summed E-state index contributed by atoms with van der Waals surface area (Å²) in [6, 6.07) is -0.996. The van der Waals surface area contributed by atoms with E-state index in [0.29, 0.717) is 12.8 Å². The first kappa shape index (κ1) is 103. The molecule has 0 aromatic heterocycles. The fourth-order valence-corrected chi connectivity index (χ4v) is 14.7. The quantitative estimate of drug-likeness (QED) is 0.0199. The highest BCUT2D eigenvalue weighted by molar-refractivity contribution is 5.76. The number of amides is 1. The van der Waals surface area contributed by atoms with Gasteiger partial charge in [-0.3, -0.25) is 4.79 Å². The lowest BCUT2D eigenvalue weighted by molar-refractivity contribution is -0.379. The molecule has 3 fully saturated rings. The Morgan fingerprint density at radius 2 is 0.625 bits per heavy atom. The normalized spacial score (nSPS) is 25.5. The summed E-state index contributed by atoms with van der Waals surface area (Å²) in [6.07, 6.45) is 73.8. The molecule has 3 heterocycles. The Morgan fingerprint density at radius 3 is 1.00 bits per heavy atom. The van der Waals surface area contributed by atoms with Crippen molar-refractivity contribution in [2.45, 2.75) is 446 Å². The van der Waals surface area contributed by atoms with Crippen LogP contribution in [-0.4, -0.2) is 193 Å². The van der Waals surface area contributed by atoms with Gasteiger partial charge in [0.05, 0.1) is 38.6 Å². The first-order valence-electron chi connectivity index (χ1n) is 45.1. The van der Waals surface area contributed by atoms with E-state index in [1.54, 1.807) is 6.08 Å². The number of hydrogen-bond donors (Lipinski definition) is 12. The van der Waals surface area contributed by atoms with Gasteiger partial charge in [-0.2, -0.15) is 0 Å². The van der Waals surface area contributed by atoms with Gasteiger partial charge in [0, 0.05) is 6.42 Å². The zero-order chi connectivity index (χ0) is 81.0. The molecule has 0 aliphatic carbocycles. The fraction of sp³-hybridized carbons (Fsp3) is 0.796. The molecule has 17 unspecified atom stereocenters. The minimum atomic E-state index is -1.99. The van der Waals surface area contributed by atoms with Crippen LogP contribution in [0.4, 0.5) is 0 Å².